The van der Waals surface area contributed by atoms with E-state index < -0.39 is 0 Å². The summed E-state index contributed by atoms with van der Waals surface area (Å²) in [7, 11) is 0. The molecule has 1 aromatic heterocycles. The molecule has 3 nitrogen and oxygen atoms in total. The van der Waals surface area contributed by atoms with Crippen molar-refractivity contribution in [2.24, 2.45) is 5.73 Å². The number of hydrogen-bond donors (Lipinski definition) is 1. The lowest BCUT2D eigenvalue weighted by Gasteiger charge is -2.06. The van der Waals surface area contributed by atoms with Crippen LogP contribution in [0.5, 0.6) is 0 Å². The molecular formula is C13H16N2OS. The number of hydrogen-bond acceptors (Lipinski definition) is 4. The lowest BCUT2D eigenvalue weighted by Crippen LogP contribution is -2.04. The Morgan fingerprint density at radius 3 is 2.59 bits per heavy atom. The number of nitrogens with zero attached hydrogens (tertiary/aromatic N) is 1. The third kappa shape index (κ3) is 3.35. The lowest BCUT2D eigenvalue weighted by atomic mass is 10.1. The van der Waals surface area contributed by atoms with E-state index in [4.69, 9.17) is 10.3 Å². The van der Waals surface area contributed by atoms with Crippen molar-refractivity contribution in [1.82, 2.24) is 5.16 Å². The van der Waals surface area contributed by atoms with Crippen LogP contribution in [0.2, 0.25) is 0 Å². The van der Waals surface area contributed by atoms with Crippen molar-refractivity contribution in [3.63, 3.8) is 0 Å². The summed E-state index contributed by atoms with van der Waals surface area (Å²) >= 11 is 1.73. The molecule has 0 amide bonds. The van der Waals surface area contributed by atoms with Gasteiger partial charge < -0.3 is 10.3 Å². The molecule has 1 heterocycles. The van der Waals surface area contributed by atoms with Gasteiger partial charge in [-0.1, -0.05) is 17.3 Å². The SMILES string of the molecule is Cc1cc(CSc2ccc(C(C)N)cc2)on1. The number of benzene rings is 1. The summed E-state index contributed by atoms with van der Waals surface area (Å²) in [6.07, 6.45) is 0. The molecule has 2 rings (SSSR count). The molecular weight excluding hydrogens is 232 g/mol. The van der Waals surface area contributed by atoms with E-state index in [9.17, 15) is 0 Å². The maximum atomic E-state index is 5.80. The van der Waals surface area contributed by atoms with Gasteiger partial charge in [-0.05, 0) is 31.5 Å². The van der Waals surface area contributed by atoms with Crippen molar-refractivity contribution in [3.8, 4) is 0 Å². The molecule has 0 radical (unpaired) electrons. The smallest absolute Gasteiger partial charge is 0.147 e. The van der Waals surface area contributed by atoms with E-state index in [0.29, 0.717) is 0 Å². The Morgan fingerprint density at radius 1 is 1.35 bits per heavy atom. The molecule has 1 aromatic carbocycles. The Hall–Kier alpha value is -1.26. The molecule has 0 aliphatic carbocycles. The third-order valence-corrected chi connectivity index (χ3v) is 3.50. The van der Waals surface area contributed by atoms with Gasteiger partial charge >= 0.3 is 0 Å². The van der Waals surface area contributed by atoms with Crippen molar-refractivity contribution in [1.29, 1.82) is 0 Å². The van der Waals surface area contributed by atoms with Gasteiger partial charge in [0.1, 0.15) is 5.76 Å². The third-order valence-electron chi connectivity index (χ3n) is 2.46. The second-order valence-corrected chi connectivity index (χ2v) is 5.13. The van der Waals surface area contributed by atoms with Gasteiger partial charge in [0, 0.05) is 17.0 Å². The Kier molecular flexibility index (Phi) is 3.86. The fraction of sp³-hybridized carbons (Fsp3) is 0.308. The molecule has 0 saturated heterocycles. The summed E-state index contributed by atoms with van der Waals surface area (Å²) in [5.74, 6) is 1.71. The first-order valence-electron chi connectivity index (χ1n) is 5.55. The van der Waals surface area contributed by atoms with Crippen LogP contribution in [-0.2, 0) is 5.75 Å². The van der Waals surface area contributed by atoms with Gasteiger partial charge in [0.2, 0.25) is 0 Å². The maximum absolute atomic E-state index is 5.80. The fourth-order valence-corrected chi connectivity index (χ4v) is 2.28. The van der Waals surface area contributed by atoms with Crippen LogP contribution in [0.15, 0.2) is 39.8 Å². The van der Waals surface area contributed by atoms with Gasteiger partial charge in [-0.25, -0.2) is 0 Å². The van der Waals surface area contributed by atoms with Crippen molar-refractivity contribution < 1.29 is 4.52 Å². The second-order valence-electron chi connectivity index (χ2n) is 4.08. The van der Waals surface area contributed by atoms with E-state index in [-0.39, 0.29) is 6.04 Å². The molecule has 0 bridgehead atoms. The number of thioether (sulfide) groups is 1. The standard InChI is InChI=1S/C13H16N2OS/c1-9-7-12(16-15-9)8-17-13-5-3-11(4-6-13)10(2)14/h3-7,10H,8,14H2,1-2H3. The predicted octanol–water partition coefficient (Wildman–Crippen LogP) is 3.30. The molecule has 1 unspecified atom stereocenters. The van der Waals surface area contributed by atoms with Gasteiger partial charge in [-0.15, -0.1) is 11.8 Å². The highest BCUT2D eigenvalue weighted by Crippen LogP contribution is 2.24. The van der Waals surface area contributed by atoms with Crippen molar-refractivity contribution in [3.05, 3.63) is 47.3 Å². The summed E-state index contributed by atoms with van der Waals surface area (Å²) in [4.78, 5) is 1.21. The highest BCUT2D eigenvalue weighted by molar-refractivity contribution is 7.98. The first kappa shape index (κ1) is 12.2. The highest BCUT2D eigenvalue weighted by Gasteiger charge is 2.03. The number of nitrogens with two attached hydrogens (primary N) is 1. The monoisotopic (exact) mass is 248 g/mol. The Balaban J connectivity index is 1.95. The van der Waals surface area contributed by atoms with Crippen LogP contribution < -0.4 is 5.73 Å². The van der Waals surface area contributed by atoms with Crippen LogP contribution >= 0.6 is 11.8 Å². The maximum Gasteiger partial charge on any atom is 0.147 e. The van der Waals surface area contributed by atoms with Gasteiger partial charge in [-0.2, -0.15) is 0 Å². The highest BCUT2D eigenvalue weighted by atomic mass is 32.2. The molecule has 1 atom stereocenters. The van der Waals surface area contributed by atoms with E-state index in [2.05, 4.69) is 29.4 Å². The summed E-state index contributed by atoms with van der Waals surface area (Å²) in [5, 5.41) is 3.86. The van der Waals surface area contributed by atoms with Crippen LogP contribution in [-0.4, -0.2) is 5.16 Å². The van der Waals surface area contributed by atoms with Crippen LogP contribution in [0.3, 0.4) is 0 Å². The van der Waals surface area contributed by atoms with Gasteiger partial charge in [-0.3, -0.25) is 0 Å². The molecule has 2 aromatic rings. The van der Waals surface area contributed by atoms with Gasteiger partial charge in [0.25, 0.3) is 0 Å². The van der Waals surface area contributed by atoms with Crippen LogP contribution in [0.25, 0.3) is 0 Å². The Labute approximate surface area is 105 Å². The minimum Gasteiger partial charge on any atom is -0.360 e. The average molecular weight is 248 g/mol. The molecule has 0 saturated carbocycles. The summed E-state index contributed by atoms with van der Waals surface area (Å²) < 4.78 is 5.16. The molecule has 0 aliphatic rings. The minimum absolute atomic E-state index is 0.0889. The van der Waals surface area contributed by atoms with Gasteiger partial charge in [0.15, 0.2) is 0 Å². The fourth-order valence-electron chi connectivity index (χ4n) is 1.51. The van der Waals surface area contributed by atoms with Crippen molar-refractivity contribution in [2.45, 2.75) is 30.5 Å². The largest absolute Gasteiger partial charge is 0.360 e. The second kappa shape index (κ2) is 5.38. The van der Waals surface area contributed by atoms with Crippen molar-refractivity contribution in [2.75, 3.05) is 0 Å². The quantitative estimate of drug-likeness (QED) is 0.843. The molecule has 0 aliphatic heterocycles. The van der Waals surface area contributed by atoms with Gasteiger partial charge in [0.05, 0.1) is 11.4 Å². The summed E-state index contributed by atoms with van der Waals surface area (Å²) in [5.41, 5.74) is 7.88. The van der Waals surface area contributed by atoms with E-state index in [0.717, 1.165) is 22.8 Å². The molecule has 4 heteroatoms. The number of aromatic nitrogens is 1. The molecule has 0 fully saturated rings. The molecule has 2 N–H and O–H groups in total. The normalized spacial score (nSPS) is 12.6. The Bertz CT molecular complexity index is 476. The van der Waals surface area contributed by atoms with Crippen LogP contribution in [0, 0.1) is 6.92 Å². The summed E-state index contributed by atoms with van der Waals surface area (Å²) in [6.45, 7) is 3.91. The Morgan fingerprint density at radius 2 is 2.06 bits per heavy atom. The van der Waals surface area contributed by atoms with E-state index >= 15 is 0 Å². The van der Waals surface area contributed by atoms with Crippen LogP contribution in [0.1, 0.15) is 30.0 Å². The van der Waals surface area contributed by atoms with Crippen LogP contribution in [0.4, 0.5) is 0 Å². The first-order chi connectivity index (χ1) is 8.15. The number of rotatable bonds is 4. The molecule has 90 valence electrons. The van der Waals surface area contributed by atoms with E-state index in [1.165, 1.54) is 4.90 Å². The zero-order valence-corrected chi connectivity index (χ0v) is 10.8. The summed E-state index contributed by atoms with van der Waals surface area (Å²) in [6, 6.07) is 10.4. The van der Waals surface area contributed by atoms with E-state index in [1.54, 1.807) is 11.8 Å². The zero-order valence-electron chi connectivity index (χ0n) is 10.0. The molecule has 0 spiro atoms. The lowest BCUT2D eigenvalue weighted by molar-refractivity contribution is 0.391. The average Bonchev–Trinajstić information content (AvgIpc) is 2.73. The topological polar surface area (TPSA) is 52.0 Å². The zero-order chi connectivity index (χ0) is 12.3. The predicted molar refractivity (Wildman–Crippen MR) is 69.8 cm³/mol. The van der Waals surface area contributed by atoms with E-state index in [1.807, 2.05) is 19.9 Å². The minimum atomic E-state index is 0.0889. The first-order valence-corrected chi connectivity index (χ1v) is 6.54. The van der Waals surface area contributed by atoms with Crippen molar-refractivity contribution >= 4 is 11.8 Å². The number of aryl methyl sites for hydroxylation is 1. The molecule has 17 heavy (non-hydrogen) atoms.